The number of carbonyl (C=O) groups excluding carboxylic acids is 2. The van der Waals surface area contributed by atoms with Gasteiger partial charge in [-0.2, -0.15) is 0 Å². The zero-order valence-corrected chi connectivity index (χ0v) is 25.6. The summed E-state index contributed by atoms with van der Waals surface area (Å²) in [5.74, 6) is -3.81. The van der Waals surface area contributed by atoms with Gasteiger partial charge in [-0.3, -0.25) is 9.59 Å². The van der Waals surface area contributed by atoms with Gasteiger partial charge in [-0.15, -0.1) is 0 Å². The molecule has 10 nitrogen and oxygen atoms in total. The number of Topliss-reactive ketones (excluding diaryl/α,β-unsaturated/α-hetero) is 1. The molecular weight excluding hydrogens is 580 g/mol. The van der Waals surface area contributed by atoms with E-state index >= 15 is 0 Å². The van der Waals surface area contributed by atoms with Gasteiger partial charge in [0.15, 0.2) is 17.0 Å². The van der Waals surface area contributed by atoms with Crippen molar-refractivity contribution in [3.05, 3.63) is 78.4 Å². The number of esters is 1. The lowest BCUT2D eigenvalue weighted by Crippen LogP contribution is -2.77. The molecule has 240 valence electrons. The van der Waals surface area contributed by atoms with E-state index in [2.05, 4.69) is 6.58 Å². The van der Waals surface area contributed by atoms with E-state index in [1.54, 1.807) is 26.0 Å². The number of aliphatic hydroxyl groups excluding tert-OH is 2. The van der Waals surface area contributed by atoms with Gasteiger partial charge in [0.2, 0.25) is 0 Å². The molecule has 1 unspecified atom stereocenters. The van der Waals surface area contributed by atoms with Gasteiger partial charge >= 0.3 is 5.97 Å². The van der Waals surface area contributed by atoms with Crippen LogP contribution in [0, 0.1) is 23.7 Å². The molecule has 5 fully saturated rings. The fourth-order valence-corrected chi connectivity index (χ4v) is 9.23. The van der Waals surface area contributed by atoms with E-state index in [1.807, 2.05) is 55.5 Å². The molecule has 0 bridgehead atoms. The van der Waals surface area contributed by atoms with Gasteiger partial charge in [-0.1, -0.05) is 69.0 Å². The predicted octanol–water partition coefficient (Wildman–Crippen LogP) is 2.37. The van der Waals surface area contributed by atoms with Crippen LogP contribution < -0.4 is 4.74 Å². The zero-order chi connectivity index (χ0) is 31.9. The minimum Gasteiger partial charge on any atom is -0.486 e. The number of rotatable bonds is 7. The number of ether oxygens (including phenoxy) is 5. The molecule has 2 saturated heterocycles. The van der Waals surface area contributed by atoms with Crippen molar-refractivity contribution < 1.29 is 48.6 Å². The summed E-state index contributed by atoms with van der Waals surface area (Å²) in [4.78, 5) is 27.6. The number of ketones is 1. The third-order valence-electron chi connectivity index (χ3n) is 11.3. The summed E-state index contributed by atoms with van der Waals surface area (Å²) in [6.45, 7) is 8.82. The lowest BCUT2D eigenvalue weighted by molar-refractivity contribution is -0.258. The van der Waals surface area contributed by atoms with Crippen LogP contribution in [0.3, 0.4) is 0 Å². The summed E-state index contributed by atoms with van der Waals surface area (Å²) < 4.78 is 32.5. The molecule has 2 aromatic rings. The minimum atomic E-state index is -2.34. The van der Waals surface area contributed by atoms with E-state index < -0.39 is 88.9 Å². The molecule has 3 aliphatic carbocycles. The number of hydrogen-bond donors (Lipinski definition) is 3. The SMILES string of the molecule is C=C(C)[C@@]12OCO[C@@H]1[C@@H]1[C@@H]3O[C@]3(CO)[C@@H](O)[C@]3(O)C(=O)C(C)C[C@H]3[C@@]1(Oc1ccccc1)[C@H](C)[C@H]2OC(=O)Cc1ccccc1. The number of para-hydroxylation sites is 1. The van der Waals surface area contributed by atoms with Gasteiger partial charge in [-0.05, 0) is 36.6 Å². The Morgan fingerprint density at radius 2 is 1.73 bits per heavy atom. The average molecular weight is 621 g/mol. The molecule has 0 amide bonds. The second kappa shape index (κ2) is 10.4. The van der Waals surface area contributed by atoms with E-state index in [-0.39, 0.29) is 19.6 Å². The predicted molar refractivity (Wildman–Crippen MR) is 159 cm³/mol. The number of aliphatic hydroxyl groups is 3. The Kier molecular flexibility index (Phi) is 7.09. The van der Waals surface area contributed by atoms with E-state index in [4.69, 9.17) is 23.7 Å². The Morgan fingerprint density at radius 3 is 2.38 bits per heavy atom. The van der Waals surface area contributed by atoms with Gasteiger partial charge in [0, 0.05) is 17.8 Å². The Balaban J connectivity index is 1.45. The molecule has 5 aliphatic rings. The summed E-state index contributed by atoms with van der Waals surface area (Å²) in [5, 5.41) is 35.1. The third kappa shape index (κ3) is 3.96. The molecular formula is C35H40O10. The molecule has 3 N–H and O–H groups in total. The van der Waals surface area contributed by atoms with Gasteiger partial charge in [-0.25, -0.2) is 0 Å². The molecule has 2 heterocycles. The summed E-state index contributed by atoms with van der Waals surface area (Å²) >= 11 is 0. The first-order chi connectivity index (χ1) is 21.5. The lowest BCUT2D eigenvalue weighted by Gasteiger charge is -2.60. The number of epoxide rings is 1. The molecule has 0 radical (unpaired) electrons. The van der Waals surface area contributed by atoms with Crippen molar-refractivity contribution in [3.8, 4) is 5.75 Å². The fraction of sp³-hybridized carbons (Fsp3) is 0.543. The normalized spacial score (nSPS) is 44.5. The standard InChI is InChI=1S/C35H40O10/c1-19(2)34-28(43-25(37)16-22-11-7-5-8-12-22)21(4)35(44-23-13-9-6-10-14-23)24-15-20(3)27(38)33(24,40)31(39)32(17-36)29(45-32)26(35)30(34)41-18-42-34/h5-14,20-21,24,26,28-31,36,39-40H,1,15-18H2,2-4H3/t20?,21-,24-,26+,28-,29+,30-,31-,32+,33-,34+,35+/m1/s1. The molecule has 2 aliphatic heterocycles. The van der Waals surface area contributed by atoms with Crippen LogP contribution in [0.25, 0.3) is 0 Å². The topological polar surface area (TPSA) is 144 Å². The van der Waals surface area contributed by atoms with Crippen molar-refractivity contribution in [2.24, 2.45) is 23.7 Å². The van der Waals surface area contributed by atoms with Crippen molar-refractivity contribution in [3.63, 3.8) is 0 Å². The van der Waals surface area contributed by atoms with Crippen molar-refractivity contribution in [2.75, 3.05) is 13.4 Å². The molecule has 2 aromatic carbocycles. The van der Waals surface area contributed by atoms with Crippen LogP contribution in [0.2, 0.25) is 0 Å². The van der Waals surface area contributed by atoms with E-state index in [1.165, 1.54) is 0 Å². The molecule has 3 saturated carbocycles. The number of hydrogen-bond acceptors (Lipinski definition) is 10. The monoisotopic (exact) mass is 620 g/mol. The highest BCUT2D eigenvalue weighted by Crippen LogP contribution is 2.69. The molecule has 10 heteroatoms. The molecule has 7 rings (SSSR count). The van der Waals surface area contributed by atoms with Crippen LogP contribution in [-0.4, -0.2) is 87.3 Å². The summed E-state index contributed by atoms with van der Waals surface area (Å²) in [6.07, 6.45) is -4.41. The largest absolute Gasteiger partial charge is 0.486 e. The first kappa shape index (κ1) is 30.5. The minimum absolute atomic E-state index is 0.00121. The molecule has 12 atom stereocenters. The van der Waals surface area contributed by atoms with Crippen LogP contribution >= 0.6 is 0 Å². The highest BCUT2D eigenvalue weighted by Gasteiger charge is 2.87. The lowest BCUT2D eigenvalue weighted by atomic mass is 9.52. The van der Waals surface area contributed by atoms with Crippen molar-refractivity contribution >= 4 is 11.8 Å². The van der Waals surface area contributed by atoms with E-state index in [9.17, 15) is 24.9 Å². The highest BCUT2D eigenvalue weighted by molar-refractivity contribution is 5.93. The Hall–Kier alpha value is -3.12. The molecule has 0 aromatic heterocycles. The zero-order valence-electron chi connectivity index (χ0n) is 25.6. The van der Waals surface area contributed by atoms with E-state index in [0.717, 1.165) is 5.56 Å². The van der Waals surface area contributed by atoms with Crippen molar-refractivity contribution in [2.45, 2.75) is 80.4 Å². The van der Waals surface area contributed by atoms with Gasteiger partial charge in [0.25, 0.3) is 0 Å². The fourth-order valence-electron chi connectivity index (χ4n) is 9.23. The first-order valence-corrected chi connectivity index (χ1v) is 15.6. The Morgan fingerprint density at radius 1 is 1.07 bits per heavy atom. The van der Waals surface area contributed by atoms with Gasteiger partial charge in [0.05, 0.1) is 18.9 Å². The summed E-state index contributed by atoms with van der Waals surface area (Å²) in [6, 6.07) is 18.2. The smallest absolute Gasteiger partial charge is 0.310 e. The van der Waals surface area contributed by atoms with Crippen LogP contribution in [0.5, 0.6) is 5.75 Å². The first-order valence-electron chi connectivity index (χ1n) is 15.6. The quantitative estimate of drug-likeness (QED) is 0.240. The highest BCUT2D eigenvalue weighted by atomic mass is 16.7. The van der Waals surface area contributed by atoms with Gasteiger partial charge in [0.1, 0.15) is 48.2 Å². The molecule has 45 heavy (non-hydrogen) atoms. The van der Waals surface area contributed by atoms with Crippen molar-refractivity contribution in [1.82, 2.24) is 0 Å². The number of carbonyl (C=O) groups is 2. The second-order valence-corrected chi connectivity index (χ2v) is 13.5. The summed E-state index contributed by atoms with van der Waals surface area (Å²) in [5.41, 5.74) is -5.53. The maximum absolute atomic E-state index is 13.9. The van der Waals surface area contributed by atoms with Crippen molar-refractivity contribution in [1.29, 1.82) is 0 Å². The maximum Gasteiger partial charge on any atom is 0.310 e. The van der Waals surface area contributed by atoms with Crippen LogP contribution in [0.15, 0.2) is 72.8 Å². The second-order valence-electron chi connectivity index (χ2n) is 13.5. The third-order valence-corrected chi connectivity index (χ3v) is 11.3. The molecule has 0 spiro atoms. The maximum atomic E-state index is 13.9. The van der Waals surface area contributed by atoms with E-state index in [0.29, 0.717) is 11.3 Å². The van der Waals surface area contributed by atoms with Crippen LogP contribution in [0.4, 0.5) is 0 Å². The number of benzene rings is 2. The summed E-state index contributed by atoms with van der Waals surface area (Å²) in [7, 11) is 0. The van der Waals surface area contributed by atoms with Crippen LogP contribution in [-0.2, 0) is 35.0 Å². The average Bonchev–Trinajstić information content (AvgIpc) is 3.52. The van der Waals surface area contributed by atoms with Crippen LogP contribution in [0.1, 0.15) is 32.8 Å². The number of fused-ring (bicyclic) bond motifs is 7. The Labute approximate surface area is 261 Å². The van der Waals surface area contributed by atoms with Gasteiger partial charge < -0.3 is 39.0 Å². The Bertz CT molecular complexity index is 1500.